The van der Waals surface area contributed by atoms with Crippen LogP contribution in [0.2, 0.25) is 0 Å². The molecule has 0 aromatic carbocycles. The van der Waals surface area contributed by atoms with Crippen LogP contribution in [0.4, 0.5) is 0 Å². The standard InChI is InChI=1S/C10H22N2O/c1-5-7-8-12(6-2)10(13)9(3)11-4/h9,11H,5-8H2,1-4H3. The van der Waals surface area contributed by atoms with Gasteiger partial charge in [-0.15, -0.1) is 0 Å². The molecular weight excluding hydrogens is 164 g/mol. The number of rotatable bonds is 6. The van der Waals surface area contributed by atoms with Crippen molar-refractivity contribution in [3.8, 4) is 0 Å². The molecule has 0 bridgehead atoms. The summed E-state index contributed by atoms with van der Waals surface area (Å²) in [4.78, 5) is 13.6. The number of nitrogens with zero attached hydrogens (tertiary/aromatic N) is 1. The smallest absolute Gasteiger partial charge is 0.239 e. The van der Waals surface area contributed by atoms with Crippen LogP contribution < -0.4 is 5.32 Å². The molecule has 1 unspecified atom stereocenters. The van der Waals surface area contributed by atoms with Gasteiger partial charge < -0.3 is 10.2 Å². The second kappa shape index (κ2) is 6.89. The fourth-order valence-electron chi connectivity index (χ4n) is 1.17. The molecule has 1 N–H and O–H groups in total. The minimum Gasteiger partial charge on any atom is -0.342 e. The van der Waals surface area contributed by atoms with Crippen molar-refractivity contribution in [2.24, 2.45) is 0 Å². The fraction of sp³-hybridized carbons (Fsp3) is 0.900. The molecule has 13 heavy (non-hydrogen) atoms. The maximum Gasteiger partial charge on any atom is 0.239 e. The molecule has 0 spiro atoms. The van der Waals surface area contributed by atoms with Gasteiger partial charge in [0.05, 0.1) is 6.04 Å². The van der Waals surface area contributed by atoms with E-state index in [4.69, 9.17) is 0 Å². The lowest BCUT2D eigenvalue weighted by Gasteiger charge is -2.23. The molecule has 0 rings (SSSR count). The van der Waals surface area contributed by atoms with Gasteiger partial charge in [0, 0.05) is 13.1 Å². The van der Waals surface area contributed by atoms with E-state index in [1.807, 2.05) is 25.8 Å². The molecule has 0 aliphatic rings. The molecule has 0 aliphatic heterocycles. The summed E-state index contributed by atoms with van der Waals surface area (Å²) in [7, 11) is 1.82. The molecule has 0 aromatic heterocycles. The second-order valence-corrected chi connectivity index (χ2v) is 3.28. The minimum absolute atomic E-state index is 0.0585. The van der Waals surface area contributed by atoms with E-state index in [0.29, 0.717) is 0 Å². The van der Waals surface area contributed by atoms with E-state index in [-0.39, 0.29) is 11.9 Å². The van der Waals surface area contributed by atoms with E-state index in [9.17, 15) is 4.79 Å². The first-order valence-electron chi connectivity index (χ1n) is 5.13. The number of unbranched alkanes of at least 4 members (excludes halogenated alkanes) is 1. The Hall–Kier alpha value is -0.570. The molecule has 0 heterocycles. The largest absolute Gasteiger partial charge is 0.342 e. The predicted molar refractivity (Wildman–Crippen MR) is 55.7 cm³/mol. The molecule has 0 saturated heterocycles. The van der Waals surface area contributed by atoms with Gasteiger partial charge >= 0.3 is 0 Å². The van der Waals surface area contributed by atoms with Crippen LogP contribution >= 0.6 is 0 Å². The van der Waals surface area contributed by atoms with E-state index in [2.05, 4.69) is 12.2 Å². The molecule has 0 aromatic rings. The predicted octanol–water partition coefficient (Wildman–Crippen LogP) is 1.24. The Balaban J connectivity index is 3.98. The topological polar surface area (TPSA) is 32.3 Å². The Morgan fingerprint density at radius 1 is 1.46 bits per heavy atom. The Labute approximate surface area is 81.5 Å². The van der Waals surface area contributed by atoms with Crippen LogP contribution in [0, 0.1) is 0 Å². The molecule has 0 radical (unpaired) electrons. The average molecular weight is 186 g/mol. The Morgan fingerprint density at radius 3 is 2.46 bits per heavy atom. The van der Waals surface area contributed by atoms with Gasteiger partial charge in [0.1, 0.15) is 0 Å². The normalized spacial score (nSPS) is 12.6. The summed E-state index contributed by atoms with van der Waals surface area (Å²) in [5.74, 6) is 0.207. The highest BCUT2D eigenvalue weighted by Gasteiger charge is 2.16. The summed E-state index contributed by atoms with van der Waals surface area (Å²) >= 11 is 0. The van der Waals surface area contributed by atoms with Crippen molar-refractivity contribution in [1.82, 2.24) is 10.2 Å². The second-order valence-electron chi connectivity index (χ2n) is 3.28. The van der Waals surface area contributed by atoms with Crippen LogP contribution in [0.5, 0.6) is 0 Å². The van der Waals surface area contributed by atoms with Gasteiger partial charge in [-0.05, 0) is 27.3 Å². The van der Waals surface area contributed by atoms with E-state index in [0.717, 1.165) is 25.9 Å². The molecule has 3 heteroatoms. The zero-order valence-electron chi connectivity index (χ0n) is 9.26. The van der Waals surface area contributed by atoms with E-state index in [1.54, 1.807) is 0 Å². The third kappa shape index (κ3) is 4.27. The third-order valence-corrected chi connectivity index (χ3v) is 2.28. The summed E-state index contributed by atoms with van der Waals surface area (Å²) in [5, 5.41) is 2.96. The Bertz CT molecular complexity index is 148. The number of hydrogen-bond acceptors (Lipinski definition) is 2. The fourth-order valence-corrected chi connectivity index (χ4v) is 1.17. The van der Waals surface area contributed by atoms with Gasteiger partial charge in [-0.1, -0.05) is 13.3 Å². The molecule has 1 atom stereocenters. The lowest BCUT2D eigenvalue weighted by atomic mass is 10.2. The van der Waals surface area contributed by atoms with Gasteiger partial charge in [0.25, 0.3) is 0 Å². The van der Waals surface area contributed by atoms with Crippen molar-refractivity contribution in [2.75, 3.05) is 20.1 Å². The van der Waals surface area contributed by atoms with Gasteiger partial charge in [0.2, 0.25) is 5.91 Å². The number of nitrogens with one attached hydrogen (secondary N) is 1. The van der Waals surface area contributed by atoms with Crippen molar-refractivity contribution in [1.29, 1.82) is 0 Å². The quantitative estimate of drug-likeness (QED) is 0.677. The van der Waals surface area contributed by atoms with E-state index < -0.39 is 0 Å². The minimum atomic E-state index is -0.0585. The summed E-state index contributed by atoms with van der Waals surface area (Å²) < 4.78 is 0. The zero-order chi connectivity index (χ0) is 10.3. The maximum atomic E-state index is 11.7. The van der Waals surface area contributed by atoms with Gasteiger partial charge in [-0.2, -0.15) is 0 Å². The van der Waals surface area contributed by atoms with Crippen molar-refractivity contribution in [3.05, 3.63) is 0 Å². The molecule has 3 nitrogen and oxygen atoms in total. The van der Waals surface area contributed by atoms with Gasteiger partial charge in [-0.3, -0.25) is 4.79 Å². The van der Waals surface area contributed by atoms with Crippen molar-refractivity contribution >= 4 is 5.91 Å². The van der Waals surface area contributed by atoms with Crippen molar-refractivity contribution in [2.45, 2.75) is 39.7 Å². The summed E-state index contributed by atoms with van der Waals surface area (Å²) in [6.45, 7) is 7.76. The van der Waals surface area contributed by atoms with Crippen molar-refractivity contribution in [3.63, 3.8) is 0 Å². The summed E-state index contributed by atoms with van der Waals surface area (Å²) in [6.07, 6.45) is 2.23. The van der Waals surface area contributed by atoms with Gasteiger partial charge in [-0.25, -0.2) is 0 Å². The highest BCUT2D eigenvalue weighted by molar-refractivity contribution is 5.81. The van der Waals surface area contributed by atoms with Crippen LogP contribution in [0.25, 0.3) is 0 Å². The highest BCUT2D eigenvalue weighted by atomic mass is 16.2. The first-order valence-corrected chi connectivity index (χ1v) is 5.13. The van der Waals surface area contributed by atoms with Crippen LogP contribution in [0.1, 0.15) is 33.6 Å². The molecule has 1 amide bonds. The maximum absolute atomic E-state index is 11.7. The van der Waals surface area contributed by atoms with Gasteiger partial charge in [0.15, 0.2) is 0 Å². The van der Waals surface area contributed by atoms with Crippen LogP contribution in [0.3, 0.4) is 0 Å². The molecule has 78 valence electrons. The first kappa shape index (κ1) is 12.4. The van der Waals surface area contributed by atoms with E-state index in [1.165, 1.54) is 0 Å². The van der Waals surface area contributed by atoms with E-state index >= 15 is 0 Å². The SMILES string of the molecule is CCCCN(CC)C(=O)C(C)NC. The number of hydrogen-bond donors (Lipinski definition) is 1. The number of carbonyl (C=O) groups excluding carboxylic acids is 1. The number of amides is 1. The average Bonchev–Trinajstić information content (AvgIpc) is 2.17. The van der Waals surface area contributed by atoms with Crippen LogP contribution in [-0.2, 0) is 4.79 Å². The highest BCUT2D eigenvalue weighted by Crippen LogP contribution is 1.98. The summed E-state index contributed by atoms with van der Waals surface area (Å²) in [5.41, 5.74) is 0. The number of likely N-dealkylation sites (N-methyl/N-ethyl adjacent to an activating group) is 2. The molecule has 0 aliphatic carbocycles. The third-order valence-electron chi connectivity index (χ3n) is 2.28. The van der Waals surface area contributed by atoms with Crippen molar-refractivity contribution < 1.29 is 4.79 Å². The lowest BCUT2D eigenvalue weighted by molar-refractivity contribution is -0.132. The van der Waals surface area contributed by atoms with Crippen LogP contribution in [-0.4, -0.2) is 37.0 Å². The Kier molecular flexibility index (Phi) is 6.59. The number of carbonyl (C=O) groups is 1. The monoisotopic (exact) mass is 186 g/mol. The molecule has 0 saturated carbocycles. The van der Waals surface area contributed by atoms with Crippen LogP contribution in [0.15, 0.2) is 0 Å². The first-order chi connectivity index (χ1) is 6.17. The summed E-state index contributed by atoms with van der Waals surface area (Å²) in [6, 6.07) is -0.0585. The Morgan fingerprint density at radius 2 is 2.08 bits per heavy atom. The lowest BCUT2D eigenvalue weighted by Crippen LogP contribution is -2.43. The molecular formula is C10H22N2O. The zero-order valence-corrected chi connectivity index (χ0v) is 9.26. The molecule has 0 fully saturated rings.